The zero-order valence-corrected chi connectivity index (χ0v) is 19.3. The van der Waals surface area contributed by atoms with Gasteiger partial charge in [-0.2, -0.15) is 4.57 Å². The molecule has 4 aromatic rings. The molecule has 0 radical (unpaired) electrons. The largest absolute Gasteiger partial charge is 0.213 e. The Balaban J connectivity index is 1.75. The van der Waals surface area contributed by atoms with Crippen molar-refractivity contribution >= 4 is 29.4 Å². The van der Waals surface area contributed by atoms with Crippen LogP contribution in [0.1, 0.15) is 29.9 Å². The van der Waals surface area contributed by atoms with E-state index in [1.165, 1.54) is 57.3 Å². The van der Waals surface area contributed by atoms with Gasteiger partial charge in [0.2, 0.25) is 11.2 Å². The van der Waals surface area contributed by atoms with E-state index in [2.05, 4.69) is 98.4 Å². The van der Waals surface area contributed by atoms with Crippen molar-refractivity contribution in [2.24, 2.45) is 7.05 Å². The van der Waals surface area contributed by atoms with E-state index in [4.69, 9.17) is 0 Å². The highest BCUT2D eigenvalue weighted by atomic mass is 28.3. The molecule has 2 heterocycles. The third-order valence-corrected chi connectivity index (χ3v) is 10.9. The van der Waals surface area contributed by atoms with Crippen molar-refractivity contribution in [2.45, 2.75) is 38.8 Å². The smallest absolute Gasteiger partial charge is 0.194 e. The summed E-state index contributed by atoms with van der Waals surface area (Å²) in [5, 5.41) is 4.56. The van der Waals surface area contributed by atoms with Crippen LogP contribution in [-0.2, 0) is 7.05 Å². The number of rotatable bonds is 2. The summed E-state index contributed by atoms with van der Waals surface area (Å²) in [4.78, 5) is 0. The van der Waals surface area contributed by atoms with Crippen molar-refractivity contribution in [1.29, 1.82) is 0 Å². The maximum Gasteiger partial charge on any atom is 0.213 e. The van der Waals surface area contributed by atoms with Crippen molar-refractivity contribution in [3.63, 3.8) is 0 Å². The average molecular weight is 407 g/mol. The highest BCUT2D eigenvalue weighted by Gasteiger charge is 2.44. The lowest BCUT2D eigenvalue weighted by atomic mass is 9.95. The highest BCUT2D eigenvalue weighted by molar-refractivity contribution is 7.04. The highest BCUT2D eigenvalue weighted by Crippen LogP contribution is 2.42. The normalized spacial score (nSPS) is 16.5. The molecule has 0 atom stereocenters. The number of hydrogen-bond donors (Lipinski definition) is 0. The van der Waals surface area contributed by atoms with Gasteiger partial charge in [-0.3, -0.25) is 0 Å². The lowest BCUT2D eigenvalue weighted by molar-refractivity contribution is -0.632. The molecule has 1 aliphatic carbocycles. The summed E-state index contributed by atoms with van der Waals surface area (Å²) in [6.45, 7) is 7.37. The molecule has 148 valence electrons. The lowest BCUT2D eigenvalue weighted by Crippen LogP contribution is -2.54. The topological polar surface area (TPSA) is 3.88 Å². The predicted molar refractivity (Wildman–Crippen MR) is 129 cm³/mol. The van der Waals surface area contributed by atoms with Gasteiger partial charge >= 0.3 is 0 Å². The number of aromatic nitrogens is 1. The molecule has 0 saturated heterocycles. The Hall–Kier alpha value is -2.71. The molecular weight excluding hydrogens is 378 g/mol. The minimum Gasteiger partial charge on any atom is -0.194 e. The first kappa shape index (κ1) is 18.1. The summed E-state index contributed by atoms with van der Waals surface area (Å²) in [5.41, 5.74) is 10.0. The standard InChI is InChI=1S/C28H28NSi/c1-18-17-20(19-13-14-19)15-16-21(18)27-28-26(22-9-5-7-11-24(22)29(27)2)23-10-6-8-12-25(23)30(28,3)4/h5-12,15-17,19H,13-14H2,1-4H3/q+1. The number of hydrogen-bond acceptors (Lipinski definition) is 0. The van der Waals surface area contributed by atoms with Gasteiger partial charge in [-0.25, -0.2) is 0 Å². The summed E-state index contributed by atoms with van der Waals surface area (Å²) in [6, 6.07) is 25.3. The molecule has 0 unspecified atom stereocenters. The van der Waals surface area contributed by atoms with Crippen LogP contribution in [0.3, 0.4) is 0 Å². The molecule has 1 aromatic heterocycles. The third-order valence-electron chi connectivity index (χ3n) is 7.41. The first-order valence-corrected chi connectivity index (χ1v) is 14.1. The molecule has 0 N–H and O–H groups in total. The molecule has 2 heteroatoms. The van der Waals surface area contributed by atoms with Crippen molar-refractivity contribution in [1.82, 2.24) is 0 Å². The van der Waals surface area contributed by atoms with E-state index >= 15 is 0 Å². The molecule has 2 aliphatic rings. The van der Waals surface area contributed by atoms with Crippen LogP contribution < -0.4 is 14.9 Å². The molecule has 1 saturated carbocycles. The lowest BCUT2D eigenvalue weighted by Gasteiger charge is -2.21. The molecule has 1 fully saturated rings. The van der Waals surface area contributed by atoms with Crippen molar-refractivity contribution in [2.75, 3.05) is 0 Å². The molecule has 0 amide bonds. The molecule has 1 aliphatic heterocycles. The summed E-state index contributed by atoms with van der Waals surface area (Å²) in [6.07, 6.45) is 2.71. The second-order valence-corrected chi connectivity index (χ2v) is 14.0. The van der Waals surface area contributed by atoms with Gasteiger partial charge in [0, 0.05) is 22.4 Å². The van der Waals surface area contributed by atoms with Gasteiger partial charge in [0.15, 0.2) is 0 Å². The van der Waals surface area contributed by atoms with Gasteiger partial charge in [0.25, 0.3) is 0 Å². The molecule has 1 nitrogen and oxygen atoms in total. The zero-order valence-electron chi connectivity index (χ0n) is 18.3. The number of nitrogens with zero attached hydrogens (tertiary/aromatic N) is 1. The van der Waals surface area contributed by atoms with E-state index in [1.54, 1.807) is 10.4 Å². The summed E-state index contributed by atoms with van der Waals surface area (Å²) in [7, 11) is 0.439. The van der Waals surface area contributed by atoms with Crippen LogP contribution in [0.15, 0.2) is 66.7 Å². The molecule has 6 rings (SSSR count). The Bertz CT molecular complexity index is 1340. The molecule has 3 aromatic carbocycles. The van der Waals surface area contributed by atoms with Gasteiger partial charge in [0.05, 0.1) is 5.39 Å². The van der Waals surface area contributed by atoms with E-state index in [1.807, 2.05) is 0 Å². The van der Waals surface area contributed by atoms with Crippen LogP contribution >= 0.6 is 0 Å². The van der Waals surface area contributed by atoms with Crippen molar-refractivity contribution in [3.05, 3.63) is 77.9 Å². The summed E-state index contributed by atoms with van der Waals surface area (Å²) < 4.78 is 2.47. The minimum absolute atomic E-state index is 0.795. The third kappa shape index (κ3) is 2.37. The maximum atomic E-state index is 2.53. The van der Waals surface area contributed by atoms with Crippen molar-refractivity contribution in [3.8, 4) is 22.4 Å². The minimum atomic E-state index is -1.82. The van der Waals surface area contributed by atoms with Gasteiger partial charge in [-0.1, -0.05) is 61.6 Å². The molecule has 0 spiro atoms. The SMILES string of the molecule is Cc1cc(C2CC2)ccc1-c1c2c(c3ccccc3[n+]1C)-c1ccccc1[Si]2(C)C. The molecule has 0 bridgehead atoms. The first-order valence-electron chi connectivity index (χ1n) is 11.1. The Morgan fingerprint density at radius 1 is 0.867 bits per heavy atom. The van der Waals surface area contributed by atoms with Gasteiger partial charge < -0.3 is 0 Å². The van der Waals surface area contributed by atoms with Crippen LogP contribution in [0.4, 0.5) is 0 Å². The fraction of sp³-hybridized carbons (Fsp3) is 0.250. The summed E-state index contributed by atoms with van der Waals surface area (Å²) in [5.74, 6) is 0.795. The average Bonchev–Trinajstić information content (AvgIpc) is 3.56. The van der Waals surface area contributed by atoms with Gasteiger partial charge in [-0.05, 0) is 59.7 Å². The van der Waals surface area contributed by atoms with E-state index in [-0.39, 0.29) is 0 Å². The van der Waals surface area contributed by atoms with E-state index < -0.39 is 8.07 Å². The van der Waals surface area contributed by atoms with Crippen LogP contribution in [0, 0.1) is 6.92 Å². The number of aryl methyl sites for hydroxylation is 2. The predicted octanol–water partition coefficient (Wildman–Crippen LogP) is 5.32. The van der Waals surface area contributed by atoms with Crippen LogP contribution in [-0.4, -0.2) is 8.07 Å². The van der Waals surface area contributed by atoms with Crippen LogP contribution in [0.2, 0.25) is 13.1 Å². The van der Waals surface area contributed by atoms with Gasteiger partial charge in [0.1, 0.15) is 15.1 Å². The Morgan fingerprint density at radius 3 is 2.37 bits per heavy atom. The van der Waals surface area contributed by atoms with Crippen molar-refractivity contribution < 1.29 is 4.57 Å². The van der Waals surface area contributed by atoms with E-state index in [0.29, 0.717) is 0 Å². The zero-order chi connectivity index (χ0) is 20.6. The van der Waals surface area contributed by atoms with Crippen LogP contribution in [0.5, 0.6) is 0 Å². The second kappa shape index (κ2) is 6.15. The first-order chi connectivity index (χ1) is 14.5. The number of benzene rings is 3. The quantitative estimate of drug-likeness (QED) is 0.313. The fourth-order valence-electron chi connectivity index (χ4n) is 5.73. The summed E-state index contributed by atoms with van der Waals surface area (Å²) >= 11 is 0. The Kier molecular flexibility index (Phi) is 3.71. The number of para-hydroxylation sites is 1. The van der Waals surface area contributed by atoms with E-state index in [0.717, 1.165) is 5.92 Å². The Labute approximate surface area is 180 Å². The number of pyridine rings is 1. The second-order valence-electron chi connectivity index (χ2n) is 9.69. The number of fused-ring (bicyclic) bond motifs is 5. The van der Waals surface area contributed by atoms with Gasteiger partial charge in [-0.15, -0.1) is 0 Å². The Morgan fingerprint density at radius 2 is 1.60 bits per heavy atom. The van der Waals surface area contributed by atoms with E-state index in [9.17, 15) is 0 Å². The molecular formula is C28H28NSi+. The monoisotopic (exact) mass is 406 g/mol. The molecule has 30 heavy (non-hydrogen) atoms. The fourth-order valence-corrected chi connectivity index (χ4v) is 9.18. The maximum absolute atomic E-state index is 2.53. The van der Waals surface area contributed by atoms with Crippen LogP contribution in [0.25, 0.3) is 33.3 Å².